The summed E-state index contributed by atoms with van der Waals surface area (Å²) in [6.07, 6.45) is 0. The number of ether oxygens (including phenoxy) is 1. The third-order valence-corrected chi connectivity index (χ3v) is 3.27. The van der Waals surface area contributed by atoms with Crippen LogP contribution in [0.25, 0.3) is 10.8 Å². The average Bonchev–Trinajstić information content (AvgIpc) is 2.43. The van der Waals surface area contributed by atoms with Crippen molar-refractivity contribution in [1.29, 1.82) is 0 Å². The van der Waals surface area contributed by atoms with Crippen LogP contribution < -0.4 is 4.74 Å². The molecule has 1 fully saturated rings. The SMILES string of the molecule is COc1ccc2cc([C@@]3(C)OOC3=O)ccc2c1. The van der Waals surface area contributed by atoms with Crippen molar-refractivity contribution < 1.29 is 19.3 Å². The zero-order valence-electron chi connectivity index (χ0n) is 10.1. The molecule has 0 saturated carbocycles. The molecule has 0 spiro atoms. The van der Waals surface area contributed by atoms with Crippen molar-refractivity contribution in [1.82, 2.24) is 0 Å². The van der Waals surface area contributed by atoms with Gasteiger partial charge in [0.15, 0.2) is 0 Å². The van der Waals surface area contributed by atoms with Crippen LogP contribution in [-0.4, -0.2) is 13.1 Å². The highest BCUT2D eigenvalue weighted by atomic mass is 17.3. The Labute approximate surface area is 104 Å². The Morgan fingerprint density at radius 1 is 1.11 bits per heavy atom. The lowest BCUT2D eigenvalue weighted by molar-refractivity contribution is -0.402. The standard InChI is InChI=1S/C14H12O4/c1-14(13(15)17-18-14)11-5-3-10-8-12(16-2)6-4-9(10)7-11/h3-8H,1-2H3/t14-/m1/s1. The minimum atomic E-state index is -0.978. The van der Waals surface area contributed by atoms with Gasteiger partial charge in [0.25, 0.3) is 0 Å². The van der Waals surface area contributed by atoms with E-state index in [1.54, 1.807) is 14.0 Å². The van der Waals surface area contributed by atoms with Gasteiger partial charge >= 0.3 is 5.97 Å². The lowest BCUT2D eigenvalue weighted by atomic mass is 9.93. The van der Waals surface area contributed by atoms with Crippen LogP contribution in [0.4, 0.5) is 0 Å². The summed E-state index contributed by atoms with van der Waals surface area (Å²) in [6.45, 7) is 1.70. The van der Waals surface area contributed by atoms with Gasteiger partial charge in [-0.2, -0.15) is 4.89 Å². The van der Waals surface area contributed by atoms with E-state index in [-0.39, 0.29) is 5.97 Å². The van der Waals surface area contributed by atoms with Crippen LogP contribution in [0.5, 0.6) is 5.75 Å². The molecule has 0 amide bonds. The Morgan fingerprint density at radius 3 is 2.44 bits per heavy atom. The summed E-state index contributed by atoms with van der Waals surface area (Å²) in [5, 5.41) is 2.08. The molecule has 1 atom stereocenters. The highest BCUT2D eigenvalue weighted by Gasteiger charge is 2.50. The van der Waals surface area contributed by atoms with Gasteiger partial charge in [0.2, 0.25) is 5.60 Å². The van der Waals surface area contributed by atoms with Gasteiger partial charge in [0.05, 0.1) is 7.11 Å². The first kappa shape index (κ1) is 11.0. The molecule has 0 radical (unpaired) electrons. The Hall–Kier alpha value is -2.07. The fourth-order valence-corrected chi connectivity index (χ4v) is 2.01. The van der Waals surface area contributed by atoms with E-state index < -0.39 is 5.60 Å². The molecule has 18 heavy (non-hydrogen) atoms. The van der Waals surface area contributed by atoms with Crippen molar-refractivity contribution in [3.05, 3.63) is 42.0 Å². The number of carbonyl (C=O) groups is 1. The van der Waals surface area contributed by atoms with Gasteiger partial charge in [-0.05, 0) is 41.5 Å². The first-order chi connectivity index (χ1) is 8.63. The molecular weight excluding hydrogens is 232 g/mol. The van der Waals surface area contributed by atoms with Gasteiger partial charge in [-0.1, -0.05) is 18.2 Å². The number of benzene rings is 2. The largest absolute Gasteiger partial charge is 0.497 e. The van der Waals surface area contributed by atoms with Gasteiger partial charge < -0.3 is 4.74 Å². The van der Waals surface area contributed by atoms with Crippen LogP contribution in [0.1, 0.15) is 12.5 Å². The van der Waals surface area contributed by atoms with E-state index >= 15 is 0 Å². The summed E-state index contributed by atoms with van der Waals surface area (Å²) >= 11 is 0. The van der Waals surface area contributed by atoms with Gasteiger partial charge in [-0.15, -0.1) is 0 Å². The van der Waals surface area contributed by atoms with Gasteiger partial charge in [0, 0.05) is 0 Å². The third kappa shape index (κ3) is 1.46. The fourth-order valence-electron chi connectivity index (χ4n) is 2.01. The Morgan fingerprint density at radius 2 is 1.83 bits per heavy atom. The molecule has 3 rings (SSSR count). The lowest BCUT2D eigenvalue weighted by Gasteiger charge is -2.33. The summed E-state index contributed by atoms with van der Waals surface area (Å²) < 4.78 is 5.17. The van der Waals surface area contributed by atoms with Crippen LogP contribution in [0.3, 0.4) is 0 Å². The Kier molecular flexibility index (Phi) is 2.28. The summed E-state index contributed by atoms with van der Waals surface area (Å²) in [5.41, 5.74) is -0.190. The fraction of sp³-hybridized carbons (Fsp3) is 0.214. The molecule has 4 nitrogen and oxygen atoms in total. The highest BCUT2D eigenvalue weighted by Crippen LogP contribution is 2.36. The third-order valence-electron chi connectivity index (χ3n) is 3.27. The van der Waals surface area contributed by atoms with Crippen molar-refractivity contribution >= 4 is 16.7 Å². The number of methoxy groups -OCH3 is 1. The molecule has 2 aromatic carbocycles. The second kappa shape index (κ2) is 3.71. The van der Waals surface area contributed by atoms with E-state index in [2.05, 4.69) is 4.89 Å². The van der Waals surface area contributed by atoms with Gasteiger partial charge in [-0.3, -0.25) is 4.89 Å². The summed E-state index contributed by atoms with van der Waals surface area (Å²) in [5.74, 6) is 0.441. The number of hydrogen-bond acceptors (Lipinski definition) is 4. The van der Waals surface area contributed by atoms with E-state index in [0.29, 0.717) is 0 Å². The van der Waals surface area contributed by atoms with Crippen LogP contribution in [-0.2, 0) is 20.2 Å². The maximum absolute atomic E-state index is 11.4. The van der Waals surface area contributed by atoms with Crippen LogP contribution in [0, 0.1) is 0 Å². The smallest absolute Gasteiger partial charge is 0.382 e. The van der Waals surface area contributed by atoms with Crippen molar-refractivity contribution in [2.45, 2.75) is 12.5 Å². The number of carbonyl (C=O) groups excluding carboxylic acids is 1. The molecule has 1 aliphatic rings. The lowest BCUT2D eigenvalue weighted by Crippen LogP contribution is -2.47. The summed E-state index contributed by atoms with van der Waals surface area (Å²) in [6, 6.07) is 11.5. The molecule has 0 aromatic heterocycles. The minimum absolute atomic E-state index is 0.365. The van der Waals surface area contributed by atoms with E-state index in [1.165, 1.54) is 0 Å². The van der Waals surface area contributed by atoms with Crippen molar-refractivity contribution in [3.63, 3.8) is 0 Å². The molecule has 2 aromatic rings. The van der Waals surface area contributed by atoms with E-state index in [4.69, 9.17) is 9.62 Å². The minimum Gasteiger partial charge on any atom is -0.497 e. The van der Waals surface area contributed by atoms with Crippen LogP contribution in [0.15, 0.2) is 36.4 Å². The van der Waals surface area contributed by atoms with E-state index in [0.717, 1.165) is 22.1 Å². The normalized spacial score (nSPS) is 22.4. The van der Waals surface area contributed by atoms with Crippen molar-refractivity contribution in [2.75, 3.05) is 7.11 Å². The molecule has 1 heterocycles. The summed E-state index contributed by atoms with van der Waals surface area (Å²) in [7, 11) is 1.63. The van der Waals surface area contributed by atoms with Gasteiger partial charge in [-0.25, -0.2) is 4.79 Å². The molecule has 0 aliphatic carbocycles. The number of hydrogen-bond donors (Lipinski definition) is 0. The maximum atomic E-state index is 11.4. The second-order valence-corrected chi connectivity index (χ2v) is 4.42. The maximum Gasteiger partial charge on any atom is 0.382 e. The van der Waals surface area contributed by atoms with Crippen molar-refractivity contribution in [3.8, 4) is 5.75 Å². The number of rotatable bonds is 2. The van der Waals surface area contributed by atoms with E-state index in [9.17, 15) is 4.79 Å². The summed E-state index contributed by atoms with van der Waals surface area (Å²) in [4.78, 5) is 20.7. The zero-order chi connectivity index (χ0) is 12.8. The molecule has 1 saturated heterocycles. The number of fused-ring (bicyclic) bond motifs is 1. The quantitative estimate of drug-likeness (QED) is 0.761. The Bertz CT molecular complexity index is 635. The first-order valence-electron chi connectivity index (χ1n) is 5.62. The predicted octanol–water partition coefficient (Wildman–Crippen LogP) is 2.55. The van der Waals surface area contributed by atoms with Crippen LogP contribution in [0.2, 0.25) is 0 Å². The molecule has 4 heteroatoms. The van der Waals surface area contributed by atoms with Crippen LogP contribution >= 0.6 is 0 Å². The highest BCUT2D eigenvalue weighted by molar-refractivity contribution is 5.88. The molecule has 0 bridgehead atoms. The second-order valence-electron chi connectivity index (χ2n) is 4.42. The van der Waals surface area contributed by atoms with Crippen molar-refractivity contribution in [2.24, 2.45) is 0 Å². The monoisotopic (exact) mass is 244 g/mol. The molecule has 1 aliphatic heterocycles. The van der Waals surface area contributed by atoms with Gasteiger partial charge in [0.1, 0.15) is 5.75 Å². The molecule has 92 valence electrons. The zero-order valence-corrected chi connectivity index (χ0v) is 10.1. The Balaban J connectivity index is 2.09. The average molecular weight is 244 g/mol. The first-order valence-corrected chi connectivity index (χ1v) is 5.62. The molecule has 0 N–H and O–H groups in total. The molecular formula is C14H12O4. The molecule has 0 unspecified atom stereocenters. The predicted molar refractivity (Wildman–Crippen MR) is 65.0 cm³/mol. The topological polar surface area (TPSA) is 44.8 Å². The van der Waals surface area contributed by atoms with E-state index in [1.807, 2.05) is 36.4 Å².